The van der Waals surface area contributed by atoms with Crippen molar-refractivity contribution in [3.63, 3.8) is 0 Å². The minimum Gasteiger partial charge on any atom is -0.369 e. The Morgan fingerprint density at radius 1 is 1.24 bits per heavy atom. The Morgan fingerprint density at radius 2 is 2.00 bits per heavy atom. The molecule has 180 valence electrons. The van der Waals surface area contributed by atoms with Gasteiger partial charge in [-0.25, -0.2) is 14.6 Å². The molecule has 0 aliphatic carbocycles. The van der Waals surface area contributed by atoms with Crippen molar-refractivity contribution < 1.29 is 9.59 Å². The zero-order valence-corrected chi connectivity index (χ0v) is 20.9. The molecule has 0 saturated carbocycles. The average Bonchev–Trinajstić information content (AvgIpc) is 3.41. The van der Waals surface area contributed by atoms with E-state index in [9.17, 15) is 9.59 Å². The lowest BCUT2D eigenvalue weighted by Crippen LogP contribution is -2.35. The Balaban J connectivity index is 1.38. The summed E-state index contributed by atoms with van der Waals surface area (Å²) in [4.78, 5) is 36.1. The van der Waals surface area contributed by atoms with Gasteiger partial charge in [-0.05, 0) is 31.2 Å². The molecule has 1 fully saturated rings. The third-order valence-electron chi connectivity index (χ3n) is 5.80. The third-order valence-corrected chi connectivity index (χ3v) is 6.35. The first kappa shape index (κ1) is 24.0. The van der Waals surface area contributed by atoms with Crippen LogP contribution in [0.2, 0.25) is 0 Å². The van der Waals surface area contributed by atoms with Crippen LogP contribution in [0.25, 0.3) is 11.0 Å². The van der Waals surface area contributed by atoms with Crippen molar-refractivity contribution in [2.75, 3.05) is 36.1 Å². The molecule has 3 heterocycles. The molecule has 1 aliphatic rings. The lowest BCUT2D eigenvalue weighted by atomic mass is 10.1. The zero-order chi connectivity index (χ0) is 24.2. The molecular weight excluding hydrogens is 450 g/mol. The highest BCUT2D eigenvalue weighted by atomic mass is 32.2. The quantitative estimate of drug-likeness (QED) is 0.357. The number of fused-ring (bicyclic) bond motifs is 1. The van der Waals surface area contributed by atoms with E-state index < -0.39 is 0 Å². The Labute approximate surface area is 203 Å². The van der Waals surface area contributed by atoms with E-state index >= 15 is 0 Å². The van der Waals surface area contributed by atoms with Crippen LogP contribution in [-0.2, 0) is 16.1 Å². The van der Waals surface area contributed by atoms with Gasteiger partial charge >= 0.3 is 0 Å². The minimum absolute atomic E-state index is 0.0233. The van der Waals surface area contributed by atoms with Crippen LogP contribution in [0.5, 0.6) is 0 Å². The van der Waals surface area contributed by atoms with Crippen LogP contribution in [0, 0.1) is 18.8 Å². The van der Waals surface area contributed by atoms with Gasteiger partial charge in [-0.2, -0.15) is 5.10 Å². The van der Waals surface area contributed by atoms with Crippen molar-refractivity contribution in [3.8, 4) is 0 Å². The Kier molecular flexibility index (Phi) is 7.35. The molecule has 9 nitrogen and oxygen atoms in total. The van der Waals surface area contributed by atoms with Crippen molar-refractivity contribution in [1.82, 2.24) is 25.1 Å². The number of benzene rings is 1. The summed E-state index contributed by atoms with van der Waals surface area (Å²) in [7, 11) is 0. The van der Waals surface area contributed by atoms with Crippen molar-refractivity contribution in [3.05, 3.63) is 36.0 Å². The highest BCUT2D eigenvalue weighted by molar-refractivity contribution is 7.98. The molecule has 2 amide bonds. The first-order chi connectivity index (χ1) is 16.4. The fourth-order valence-electron chi connectivity index (χ4n) is 3.91. The molecule has 2 aromatic heterocycles. The SMILES string of the molecule is CSc1nc(NCC(C)C)c2cnn(CCNC(=O)C3CC(=O)N(c4ccc(C)cc4)C3)c2n1. The number of carbonyl (C=O) groups excluding carboxylic acids is 2. The summed E-state index contributed by atoms with van der Waals surface area (Å²) >= 11 is 1.48. The maximum Gasteiger partial charge on any atom is 0.227 e. The second-order valence-electron chi connectivity index (χ2n) is 8.97. The second kappa shape index (κ2) is 10.4. The summed E-state index contributed by atoms with van der Waals surface area (Å²) in [6.45, 7) is 8.38. The average molecular weight is 482 g/mol. The molecule has 1 aromatic carbocycles. The first-order valence-corrected chi connectivity index (χ1v) is 12.7. The van der Waals surface area contributed by atoms with E-state index in [4.69, 9.17) is 0 Å². The smallest absolute Gasteiger partial charge is 0.227 e. The van der Waals surface area contributed by atoms with Gasteiger partial charge in [0, 0.05) is 31.7 Å². The molecule has 0 radical (unpaired) electrons. The van der Waals surface area contributed by atoms with Crippen LogP contribution in [0.1, 0.15) is 25.8 Å². The Hall–Kier alpha value is -3.14. The van der Waals surface area contributed by atoms with Crippen LogP contribution in [0.4, 0.5) is 11.5 Å². The number of carbonyl (C=O) groups is 2. The Bertz CT molecular complexity index is 1180. The van der Waals surface area contributed by atoms with E-state index in [0.717, 1.165) is 34.6 Å². The Morgan fingerprint density at radius 3 is 2.71 bits per heavy atom. The number of nitrogens with zero attached hydrogens (tertiary/aromatic N) is 5. The first-order valence-electron chi connectivity index (χ1n) is 11.5. The molecule has 1 atom stereocenters. The summed E-state index contributed by atoms with van der Waals surface area (Å²) in [5.74, 6) is 0.764. The van der Waals surface area contributed by atoms with Crippen molar-refractivity contribution >= 4 is 46.1 Å². The van der Waals surface area contributed by atoms with Gasteiger partial charge in [0.05, 0.1) is 24.0 Å². The number of anilines is 2. The molecule has 3 aromatic rings. The third kappa shape index (κ3) is 5.32. The van der Waals surface area contributed by atoms with Crippen molar-refractivity contribution in [1.29, 1.82) is 0 Å². The molecular formula is C24H31N7O2S. The van der Waals surface area contributed by atoms with Crippen LogP contribution < -0.4 is 15.5 Å². The number of aromatic nitrogens is 4. The van der Waals surface area contributed by atoms with Gasteiger partial charge in [0.15, 0.2) is 10.8 Å². The van der Waals surface area contributed by atoms with E-state index in [0.29, 0.717) is 30.7 Å². The van der Waals surface area contributed by atoms with Crippen LogP contribution >= 0.6 is 11.8 Å². The molecule has 2 N–H and O–H groups in total. The number of amides is 2. The number of nitrogens with one attached hydrogen (secondary N) is 2. The number of hydrogen-bond donors (Lipinski definition) is 2. The number of rotatable bonds is 9. The molecule has 1 unspecified atom stereocenters. The number of hydrogen-bond acceptors (Lipinski definition) is 7. The second-order valence-corrected chi connectivity index (χ2v) is 9.74. The molecule has 4 rings (SSSR count). The maximum atomic E-state index is 12.8. The monoisotopic (exact) mass is 481 g/mol. The molecule has 34 heavy (non-hydrogen) atoms. The highest BCUT2D eigenvalue weighted by Gasteiger charge is 2.34. The molecule has 1 aliphatic heterocycles. The van der Waals surface area contributed by atoms with Gasteiger partial charge in [0.2, 0.25) is 11.8 Å². The van der Waals surface area contributed by atoms with E-state index in [1.54, 1.807) is 15.8 Å². The summed E-state index contributed by atoms with van der Waals surface area (Å²) in [5.41, 5.74) is 2.70. The highest BCUT2D eigenvalue weighted by Crippen LogP contribution is 2.26. The van der Waals surface area contributed by atoms with Gasteiger partial charge in [-0.1, -0.05) is 43.3 Å². The topological polar surface area (TPSA) is 105 Å². The fourth-order valence-corrected chi connectivity index (χ4v) is 4.27. The van der Waals surface area contributed by atoms with Gasteiger partial charge < -0.3 is 15.5 Å². The van der Waals surface area contributed by atoms with Crippen LogP contribution in [-0.4, -0.2) is 57.5 Å². The van der Waals surface area contributed by atoms with Gasteiger partial charge in [0.1, 0.15) is 5.82 Å². The summed E-state index contributed by atoms with van der Waals surface area (Å²) < 4.78 is 1.79. The van der Waals surface area contributed by atoms with E-state index in [1.807, 2.05) is 37.4 Å². The molecule has 0 bridgehead atoms. The van der Waals surface area contributed by atoms with Crippen LogP contribution in [0.3, 0.4) is 0 Å². The van der Waals surface area contributed by atoms with Crippen molar-refractivity contribution in [2.45, 2.75) is 38.9 Å². The van der Waals surface area contributed by atoms with Crippen molar-refractivity contribution in [2.24, 2.45) is 11.8 Å². The largest absolute Gasteiger partial charge is 0.369 e. The lowest BCUT2D eigenvalue weighted by Gasteiger charge is -2.17. The van der Waals surface area contributed by atoms with E-state index in [-0.39, 0.29) is 24.2 Å². The molecule has 10 heteroatoms. The zero-order valence-electron chi connectivity index (χ0n) is 20.0. The number of thioether (sulfide) groups is 1. The summed E-state index contributed by atoms with van der Waals surface area (Å²) in [6, 6.07) is 7.79. The maximum absolute atomic E-state index is 12.8. The fraction of sp³-hybridized carbons (Fsp3) is 0.458. The predicted octanol–water partition coefficient (Wildman–Crippen LogP) is 3.09. The lowest BCUT2D eigenvalue weighted by molar-refractivity contribution is -0.126. The standard InChI is InChI=1S/C24H31N7O2S/c1-15(2)12-26-21-19-13-27-31(22(19)29-24(28-21)34-4)10-9-25-23(33)17-11-20(32)30(14-17)18-7-5-16(3)6-8-18/h5-8,13,15,17H,9-12,14H2,1-4H3,(H,25,33)(H,26,28,29). The summed E-state index contributed by atoms with van der Waals surface area (Å²) in [6.07, 6.45) is 3.93. The van der Waals surface area contributed by atoms with Gasteiger partial charge in [-0.3, -0.25) is 9.59 Å². The summed E-state index contributed by atoms with van der Waals surface area (Å²) in [5, 5.41) is 12.4. The van der Waals surface area contributed by atoms with Gasteiger partial charge in [0.25, 0.3) is 0 Å². The molecule has 0 spiro atoms. The molecule has 1 saturated heterocycles. The van der Waals surface area contributed by atoms with Gasteiger partial charge in [-0.15, -0.1) is 0 Å². The van der Waals surface area contributed by atoms with E-state index in [1.165, 1.54) is 11.8 Å². The normalized spacial score (nSPS) is 16.0. The number of aryl methyl sites for hydroxylation is 1. The predicted molar refractivity (Wildman–Crippen MR) is 135 cm³/mol. The minimum atomic E-state index is -0.361. The van der Waals surface area contributed by atoms with Crippen LogP contribution in [0.15, 0.2) is 35.6 Å². The van der Waals surface area contributed by atoms with E-state index in [2.05, 4.69) is 39.5 Å².